The van der Waals surface area contributed by atoms with Gasteiger partial charge in [-0.15, -0.1) is 0 Å². The molecule has 21 nitrogen and oxygen atoms in total. The highest BCUT2D eigenvalue weighted by Crippen LogP contribution is 2.61. The van der Waals surface area contributed by atoms with Gasteiger partial charge in [0.15, 0.2) is 53.0 Å². The van der Waals surface area contributed by atoms with Crippen LogP contribution in [0.1, 0.15) is 22.8 Å². The number of carboxylic acids is 1. The molecule has 0 amide bonds. The van der Waals surface area contributed by atoms with E-state index in [-0.39, 0.29) is 22.5 Å². The van der Waals surface area contributed by atoms with Gasteiger partial charge in [0, 0.05) is 6.07 Å². The summed E-state index contributed by atoms with van der Waals surface area (Å²) >= 11 is 0. The molecule has 0 radical (unpaired) electrons. The molecule has 0 bridgehead atoms. The smallest absolute Gasteiger partial charge is 0.481 e. The van der Waals surface area contributed by atoms with Crippen LogP contribution in [0.15, 0.2) is 60.2 Å². The van der Waals surface area contributed by atoms with Crippen molar-refractivity contribution in [3.8, 4) is 0 Å². The van der Waals surface area contributed by atoms with Crippen molar-refractivity contribution in [1.29, 1.82) is 0 Å². The van der Waals surface area contributed by atoms with Crippen LogP contribution >= 0.6 is 15.6 Å². The normalized spacial score (nSPS) is 24.6. The van der Waals surface area contributed by atoms with Gasteiger partial charge in [-0.2, -0.15) is 8.88 Å². The van der Waals surface area contributed by atoms with Crippen molar-refractivity contribution in [3.05, 3.63) is 65.8 Å². The molecule has 0 fully saturated rings. The highest BCUT2D eigenvalue weighted by molar-refractivity contribution is 7.61. The monoisotopic (exact) mass is 661 g/mol. The van der Waals surface area contributed by atoms with E-state index in [1.165, 1.54) is 29.2 Å². The third kappa shape index (κ3) is 6.22. The fourth-order valence-corrected chi connectivity index (χ4v) is 6.06. The number of aliphatic hydroxyl groups excluding tert-OH is 4. The van der Waals surface area contributed by atoms with Crippen LogP contribution in [0.3, 0.4) is 0 Å². The second-order valence-corrected chi connectivity index (χ2v) is 12.1. The Morgan fingerprint density at radius 2 is 1.66 bits per heavy atom. The molecule has 0 aliphatic carbocycles. The van der Waals surface area contributed by atoms with E-state index in [2.05, 4.69) is 28.3 Å². The molecule has 0 aromatic carbocycles. The molecule has 2 aliphatic heterocycles. The minimum absolute atomic E-state index is 0.0300. The second kappa shape index (κ2) is 11.7. The number of aromatic nitrogens is 5. The minimum atomic E-state index is -5.43. The fraction of sp³-hybridized carbons (Fsp3) is 0.286. The highest BCUT2D eigenvalue weighted by Gasteiger charge is 2.45. The molecule has 0 saturated heterocycles. The van der Waals surface area contributed by atoms with Crippen molar-refractivity contribution in [3.63, 3.8) is 0 Å². The second-order valence-electron chi connectivity index (χ2n) is 9.02. The number of nitrogen functional groups attached to an aromatic ring is 1. The number of pyridine rings is 1. The SMILES string of the molecule is Nc1ncnc2c1ncn2[C@@H]1OC(COP(=O)(O)OP(=O)(O)OCC2=C(O)[C@@H](O)[C@H]([n+]3cccc(C(=O)O)c3)O2)=C(O)[C@H]1O. The van der Waals surface area contributed by atoms with Crippen LogP contribution in [0.4, 0.5) is 5.82 Å². The first-order chi connectivity index (χ1) is 20.7. The first-order valence-corrected chi connectivity index (χ1v) is 15.0. The van der Waals surface area contributed by atoms with Crippen molar-refractivity contribution in [2.45, 2.75) is 24.7 Å². The van der Waals surface area contributed by atoms with E-state index >= 15 is 0 Å². The van der Waals surface area contributed by atoms with E-state index in [0.717, 1.165) is 17.1 Å². The average Bonchev–Trinajstić information content (AvgIpc) is 3.61. The Morgan fingerprint density at radius 3 is 2.32 bits per heavy atom. The lowest BCUT2D eigenvalue weighted by molar-refractivity contribution is -0.763. The number of carboxylic acid groups (broad SMARTS) is 1. The predicted octanol–water partition coefficient (Wildman–Crippen LogP) is -0.336. The molecule has 2 unspecified atom stereocenters. The molecule has 5 rings (SSSR count). The molecule has 0 saturated carbocycles. The van der Waals surface area contributed by atoms with Crippen LogP contribution in [-0.4, -0.2) is 86.2 Å². The summed E-state index contributed by atoms with van der Waals surface area (Å²) in [5, 5.41) is 50.3. The first kappa shape index (κ1) is 31.3. The number of nitrogens with two attached hydrogens (primary N) is 1. The van der Waals surface area contributed by atoms with Crippen LogP contribution in [0.25, 0.3) is 11.2 Å². The number of phosphoric acid groups is 2. The van der Waals surface area contributed by atoms with Gasteiger partial charge in [-0.05, 0) is 6.07 Å². The fourth-order valence-electron chi connectivity index (χ4n) is 4.08. The van der Waals surface area contributed by atoms with Crippen LogP contribution < -0.4 is 10.3 Å². The number of aliphatic hydroxyl groups is 4. The number of hydrogen-bond acceptors (Lipinski definition) is 16. The summed E-state index contributed by atoms with van der Waals surface area (Å²) in [4.78, 5) is 42.9. The summed E-state index contributed by atoms with van der Waals surface area (Å²) in [6.07, 6.45) is -1.49. The van der Waals surface area contributed by atoms with Crippen molar-refractivity contribution in [2.24, 2.45) is 0 Å². The summed E-state index contributed by atoms with van der Waals surface area (Å²) in [6.45, 7) is -2.09. The number of imidazole rings is 1. The Kier molecular flexibility index (Phi) is 8.33. The lowest BCUT2D eigenvalue weighted by Crippen LogP contribution is -2.45. The largest absolute Gasteiger partial charge is 0.506 e. The number of anilines is 1. The molecule has 44 heavy (non-hydrogen) atoms. The molecule has 236 valence electrons. The number of carbonyl (C=O) groups is 1. The summed E-state index contributed by atoms with van der Waals surface area (Å²) < 4.78 is 51.2. The zero-order chi connectivity index (χ0) is 32.0. The van der Waals surface area contributed by atoms with E-state index in [0.29, 0.717) is 0 Å². The number of ether oxygens (including phenoxy) is 2. The van der Waals surface area contributed by atoms with Gasteiger partial charge in [0.2, 0.25) is 12.3 Å². The van der Waals surface area contributed by atoms with Crippen LogP contribution in [0.5, 0.6) is 0 Å². The molecule has 5 heterocycles. The highest BCUT2D eigenvalue weighted by atomic mass is 31.3. The lowest BCUT2D eigenvalue weighted by atomic mass is 10.2. The number of nitrogens with zero attached hydrogens (tertiary/aromatic N) is 5. The third-order valence-corrected chi connectivity index (χ3v) is 8.71. The van der Waals surface area contributed by atoms with Crippen molar-refractivity contribution in [2.75, 3.05) is 18.9 Å². The number of fused-ring (bicyclic) bond motifs is 1. The summed E-state index contributed by atoms with van der Waals surface area (Å²) in [6, 6.07) is 2.59. The zero-order valence-corrected chi connectivity index (χ0v) is 23.6. The maximum atomic E-state index is 12.4. The van der Waals surface area contributed by atoms with E-state index in [1.807, 2.05) is 0 Å². The molecule has 6 atom stereocenters. The number of rotatable bonds is 11. The first-order valence-electron chi connectivity index (χ1n) is 12.0. The Hall–Kier alpha value is -4.17. The van der Waals surface area contributed by atoms with E-state index in [4.69, 9.17) is 20.3 Å². The molecule has 3 aromatic heterocycles. The quantitative estimate of drug-likeness (QED) is 0.0962. The van der Waals surface area contributed by atoms with E-state index in [1.54, 1.807) is 0 Å². The molecular weight excluding hydrogens is 638 g/mol. The maximum Gasteiger partial charge on any atom is 0.481 e. The predicted molar refractivity (Wildman–Crippen MR) is 138 cm³/mol. The van der Waals surface area contributed by atoms with Gasteiger partial charge in [-0.25, -0.2) is 28.9 Å². The summed E-state index contributed by atoms with van der Waals surface area (Å²) in [7, 11) is -10.9. The summed E-state index contributed by atoms with van der Waals surface area (Å²) in [5.41, 5.74) is 5.85. The molecule has 9 N–H and O–H groups in total. The van der Waals surface area contributed by atoms with E-state index < -0.39 is 82.5 Å². The summed E-state index contributed by atoms with van der Waals surface area (Å²) in [5.74, 6) is -4.01. The lowest BCUT2D eigenvalue weighted by Gasteiger charge is -2.18. The van der Waals surface area contributed by atoms with Gasteiger partial charge in [-0.1, -0.05) is 0 Å². The van der Waals surface area contributed by atoms with Gasteiger partial charge in [0.05, 0.1) is 0 Å². The minimum Gasteiger partial charge on any atom is -0.506 e. The molecule has 23 heteroatoms. The van der Waals surface area contributed by atoms with Gasteiger partial charge in [0.1, 0.15) is 36.9 Å². The van der Waals surface area contributed by atoms with Gasteiger partial charge in [-0.3, -0.25) is 13.6 Å². The van der Waals surface area contributed by atoms with Crippen LogP contribution in [-0.2, 0) is 32.0 Å². The number of aromatic carboxylic acids is 1. The van der Waals surface area contributed by atoms with Crippen molar-refractivity contribution in [1.82, 2.24) is 19.5 Å². The zero-order valence-electron chi connectivity index (χ0n) is 21.8. The standard InChI is InChI=1S/C21H22N6O15P2/c22-17-12-18(24-7-23-17)27(8-25-12)20-16(31)14(29)11(41-20)6-39-44(36,37)42-43(34,35)38-5-10-13(28)15(30)19(40-10)26-3-1-2-9(4-26)21(32)33/h1-4,7-8,15-16,19-20,30-31H,5-6H2,(H6-,22,23,24,28,29,32,33,34,35,36,37)/p+1/t15-,16-,19-,20-/m1/s1. The third-order valence-electron chi connectivity index (χ3n) is 6.15. The Morgan fingerprint density at radius 1 is 1.02 bits per heavy atom. The molecule has 0 spiro atoms. The Balaban J connectivity index is 1.18. The average molecular weight is 661 g/mol. The molecule has 3 aromatic rings. The molecular formula is C21H23N6O15P2+. The van der Waals surface area contributed by atoms with Crippen LogP contribution in [0, 0.1) is 0 Å². The maximum absolute atomic E-state index is 12.4. The van der Waals surface area contributed by atoms with Gasteiger partial charge < -0.3 is 50.5 Å². The van der Waals surface area contributed by atoms with Gasteiger partial charge in [0.25, 0.3) is 0 Å². The number of phosphoric ester groups is 2. The topological polar surface area (TPSA) is 312 Å². The Bertz CT molecular complexity index is 1780. The Labute approximate surface area is 244 Å². The van der Waals surface area contributed by atoms with Gasteiger partial charge >= 0.3 is 27.8 Å². The molecule has 2 aliphatic rings. The number of hydrogen-bond donors (Lipinski definition) is 8. The van der Waals surface area contributed by atoms with Crippen molar-refractivity contribution < 1.29 is 76.6 Å². The van der Waals surface area contributed by atoms with E-state index in [9.17, 15) is 44.1 Å². The van der Waals surface area contributed by atoms with Crippen LogP contribution in [0.2, 0.25) is 0 Å². The van der Waals surface area contributed by atoms with Crippen molar-refractivity contribution >= 4 is 38.6 Å².